The molecule has 18 heavy (non-hydrogen) atoms. The number of methoxy groups -OCH3 is 1. The standard InChI is InChI=1S/C15H24N2O/c1-18-15-6-2-4-13(12-15)7-8-14-5-3-10-17(14)11-9-16/h2,4,6,12,14H,3,5,7-11,16H2,1H3. The van der Waals surface area contributed by atoms with Crippen molar-refractivity contribution in [2.24, 2.45) is 5.73 Å². The molecule has 0 bridgehead atoms. The Morgan fingerprint density at radius 2 is 2.33 bits per heavy atom. The molecule has 2 N–H and O–H groups in total. The van der Waals surface area contributed by atoms with Gasteiger partial charge in [0.15, 0.2) is 0 Å². The zero-order valence-electron chi connectivity index (χ0n) is 11.3. The highest BCUT2D eigenvalue weighted by Crippen LogP contribution is 2.22. The molecule has 100 valence electrons. The molecule has 3 nitrogen and oxygen atoms in total. The van der Waals surface area contributed by atoms with Crippen LogP contribution in [0.5, 0.6) is 5.75 Å². The van der Waals surface area contributed by atoms with E-state index in [-0.39, 0.29) is 0 Å². The molecule has 0 amide bonds. The quantitative estimate of drug-likeness (QED) is 0.837. The van der Waals surface area contributed by atoms with Gasteiger partial charge in [0.25, 0.3) is 0 Å². The third kappa shape index (κ3) is 3.47. The average molecular weight is 248 g/mol. The van der Waals surface area contributed by atoms with Gasteiger partial charge in [-0.15, -0.1) is 0 Å². The topological polar surface area (TPSA) is 38.5 Å². The van der Waals surface area contributed by atoms with Crippen LogP contribution in [0.2, 0.25) is 0 Å². The summed E-state index contributed by atoms with van der Waals surface area (Å²) in [6.07, 6.45) is 5.00. The molecule has 0 radical (unpaired) electrons. The number of ether oxygens (including phenoxy) is 1. The highest BCUT2D eigenvalue weighted by atomic mass is 16.5. The first-order valence-electron chi connectivity index (χ1n) is 6.90. The second-order valence-corrected chi connectivity index (χ2v) is 5.01. The molecule has 1 heterocycles. The summed E-state index contributed by atoms with van der Waals surface area (Å²) in [5, 5.41) is 0. The lowest BCUT2D eigenvalue weighted by atomic mass is 10.0. The Balaban J connectivity index is 1.86. The zero-order chi connectivity index (χ0) is 12.8. The maximum Gasteiger partial charge on any atom is 0.119 e. The van der Waals surface area contributed by atoms with E-state index in [9.17, 15) is 0 Å². The van der Waals surface area contributed by atoms with Crippen molar-refractivity contribution in [1.29, 1.82) is 0 Å². The first-order chi connectivity index (χ1) is 8.83. The molecular formula is C15H24N2O. The maximum atomic E-state index is 5.66. The van der Waals surface area contributed by atoms with E-state index in [0.717, 1.165) is 31.3 Å². The van der Waals surface area contributed by atoms with Gasteiger partial charge in [-0.25, -0.2) is 0 Å². The lowest BCUT2D eigenvalue weighted by Gasteiger charge is -2.23. The highest BCUT2D eigenvalue weighted by Gasteiger charge is 2.23. The SMILES string of the molecule is COc1cccc(CCC2CCCN2CCN)c1. The van der Waals surface area contributed by atoms with Gasteiger partial charge in [0.2, 0.25) is 0 Å². The number of likely N-dealkylation sites (tertiary alicyclic amines) is 1. The van der Waals surface area contributed by atoms with Gasteiger partial charge in [0, 0.05) is 19.1 Å². The van der Waals surface area contributed by atoms with Crippen molar-refractivity contribution in [3.05, 3.63) is 29.8 Å². The average Bonchev–Trinajstić information content (AvgIpc) is 2.85. The Kier molecular flexibility index (Phi) is 5.02. The van der Waals surface area contributed by atoms with E-state index in [2.05, 4.69) is 23.1 Å². The van der Waals surface area contributed by atoms with Crippen LogP contribution in [-0.2, 0) is 6.42 Å². The highest BCUT2D eigenvalue weighted by molar-refractivity contribution is 5.28. The van der Waals surface area contributed by atoms with E-state index in [1.54, 1.807) is 7.11 Å². The van der Waals surface area contributed by atoms with Crippen LogP contribution >= 0.6 is 0 Å². The van der Waals surface area contributed by atoms with Crippen LogP contribution in [0, 0.1) is 0 Å². The minimum absolute atomic E-state index is 0.722. The predicted molar refractivity (Wildman–Crippen MR) is 75.0 cm³/mol. The minimum Gasteiger partial charge on any atom is -0.497 e. The van der Waals surface area contributed by atoms with Gasteiger partial charge in [0.1, 0.15) is 5.75 Å². The molecule has 2 rings (SSSR count). The van der Waals surface area contributed by atoms with Crippen LogP contribution in [0.3, 0.4) is 0 Å². The smallest absolute Gasteiger partial charge is 0.119 e. The number of hydrogen-bond acceptors (Lipinski definition) is 3. The monoisotopic (exact) mass is 248 g/mol. The first-order valence-corrected chi connectivity index (χ1v) is 6.90. The molecule has 1 aromatic rings. The molecule has 3 heteroatoms. The van der Waals surface area contributed by atoms with Crippen molar-refractivity contribution in [2.45, 2.75) is 31.7 Å². The van der Waals surface area contributed by atoms with E-state index in [0.29, 0.717) is 0 Å². The first kappa shape index (κ1) is 13.4. The Hall–Kier alpha value is -1.06. The van der Waals surface area contributed by atoms with Crippen LogP contribution in [0.1, 0.15) is 24.8 Å². The van der Waals surface area contributed by atoms with Crippen LogP contribution in [-0.4, -0.2) is 37.7 Å². The van der Waals surface area contributed by atoms with E-state index >= 15 is 0 Å². The van der Waals surface area contributed by atoms with Crippen LogP contribution in [0.4, 0.5) is 0 Å². The van der Waals surface area contributed by atoms with Gasteiger partial charge in [0.05, 0.1) is 7.11 Å². The zero-order valence-corrected chi connectivity index (χ0v) is 11.3. The molecule has 0 aromatic heterocycles. The normalized spacial score (nSPS) is 20.2. The summed E-state index contributed by atoms with van der Waals surface area (Å²) in [6.45, 7) is 3.04. The number of hydrogen-bond donors (Lipinski definition) is 1. The summed E-state index contributed by atoms with van der Waals surface area (Å²) in [6, 6.07) is 9.12. The third-order valence-electron chi connectivity index (χ3n) is 3.82. The number of benzene rings is 1. The summed E-state index contributed by atoms with van der Waals surface area (Å²) in [5.41, 5.74) is 7.03. The van der Waals surface area contributed by atoms with Gasteiger partial charge in [-0.05, 0) is 49.9 Å². The van der Waals surface area contributed by atoms with Crippen molar-refractivity contribution in [3.8, 4) is 5.75 Å². The molecule has 1 aromatic carbocycles. The van der Waals surface area contributed by atoms with E-state index in [1.165, 1.54) is 31.4 Å². The number of aryl methyl sites for hydroxylation is 1. The van der Waals surface area contributed by atoms with Crippen molar-refractivity contribution < 1.29 is 4.74 Å². The Morgan fingerprint density at radius 3 is 3.11 bits per heavy atom. The fourth-order valence-electron chi connectivity index (χ4n) is 2.84. The van der Waals surface area contributed by atoms with Crippen molar-refractivity contribution >= 4 is 0 Å². The second-order valence-electron chi connectivity index (χ2n) is 5.01. The summed E-state index contributed by atoms with van der Waals surface area (Å²) in [7, 11) is 1.72. The fourth-order valence-corrected chi connectivity index (χ4v) is 2.84. The summed E-state index contributed by atoms with van der Waals surface area (Å²) >= 11 is 0. The number of rotatable bonds is 6. The lowest BCUT2D eigenvalue weighted by Crippen LogP contribution is -2.34. The molecule has 0 spiro atoms. The number of nitrogens with two attached hydrogens (primary N) is 1. The second kappa shape index (κ2) is 6.76. The molecule has 0 saturated carbocycles. The van der Waals surface area contributed by atoms with Crippen LogP contribution < -0.4 is 10.5 Å². The molecular weight excluding hydrogens is 224 g/mol. The van der Waals surface area contributed by atoms with Crippen molar-refractivity contribution in [1.82, 2.24) is 4.90 Å². The number of nitrogens with zero attached hydrogens (tertiary/aromatic N) is 1. The predicted octanol–water partition coefficient (Wildman–Crippen LogP) is 2.05. The fraction of sp³-hybridized carbons (Fsp3) is 0.600. The minimum atomic E-state index is 0.722. The summed E-state index contributed by atoms with van der Waals surface area (Å²) in [4.78, 5) is 2.54. The Labute approximate surface area is 110 Å². The summed E-state index contributed by atoms with van der Waals surface area (Å²) < 4.78 is 5.26. The molecule has 1 aliphatic rings. The van der Waals surface area contributed by atoms with E-state index in [4.69, 9.17) is 10.5 Å². The third-order valence-corrected chi connectivity index (χ3v) is 3.82. The van der Waals surface area contributed by atoms with Crippen molar-refractivity contribution in [3.63, 3.8) is 0 Å². The lowest BCUT2D eigenvalue weighted by molar-refractivity contribution is 0.250. The van der Waals surface area contributed by atoms with Gasteiger partial charge < -0.3 is 10.5 Å². The van der Waals surface area contributed by atoms with Gasteiger partial charge in [-0.2, -0.15) is 0 Å². The van der Waals surface area contributed by atoms with E-state index in [1.807, 2.05) is 6.07 Å². The van der Waals surface area contributed by atoms with Gasteiger partial charge >= 0.3 is 0 Å². The van der Waals surface area contributed by atoms with Crippen LogP contribution in [0.15, 0.2) is 24.3 Å². The maximum absolute atomic E-state index is 5.66. The molecule has 1 fully saturated rings. The Bertz CT molecular complexity index is 367. The van der Waals surface area contributed by atoms with Crippen LogP contribution in [0.25, 0.3) is 0 Å². The largest absolute Gasteiger partial charge is 0.497 e. The molecule has 1 atom stereocenters. The summed E-state index contributed by atoms with van der Waals surface area (Å²) in [5.74, 6) is 0.956. The molecule has 0 aliphatic carbocycles. The van der Waals surface area contributed by atoms with E-state index < -0.39 is 0 Å². The molecule has 1 unspecified atom stereocenters. The molecule has 1 saturated heterocycles. The van der Waals surface area contributed by atoms with Crippen molar-refractivity contribution in [2.75, 3.05) is 26.7 Å². The van der Waals surface area contributed by atoms with Gasteiger partial charge in [-0.1, -0.05) is 12.1 Å². The Morgan fingerprint density at radius 1 is 1.44 bits per heavy atom. The van der Waals surface area contributed by atoms with Gasteiger partial charge in [-0.3, -0.25) is 4.90 Å². The molecule has 1 aliphatic heterocycles.